The summed E-state index contributed by atoms with van der Waals surface area (Å²) in [5.41, 5.74) is 2.73. The number of carbonyl (C=O) groups is 1. The number of esters is 1. The van der Waals surface area contributed by atoms with Gasteiger partial charge in [-0.1, -0.05) is 18.2 Å². The smallest absolute Gasteiger partial charge is 0.337 e. The van der Waals surface area contributed by atoms with E-state index in [4.69, 9.17) is 16.3 Å². The maximum atomic E-state index is 11.6. The molecule has 0 amide bonds. The molecule has 0 aliphatic carbocycles. The summed E-state index contributed by atoms with van der Waals surface area (Å²) in [5, 5.41) is 3.16. The Bertz CT molecular complexity index is 780. The highest BCUT2D eigenvalue weighted by Crippen LogP contribution is 2.32. The molecule has 0 radical (unpaired) electrons. The number of nitrogens with one attached hydrogen (secondary N) is 1. The van der Waals surface area contributed by atoms with Gasteiger partial charge in [-0.3, -0.25) is 0 Å². The molecular formula is C15H11ClN2O2S. The fourth-order valence-electron chi connectivity index (χ4n) is 2.04. The van der Waals surface area contributed by atoms with Gasteiger partial charge in [0.2, 0.25) is 0 Å². The van der Waals surface area contributed by atoms with Crippen LogP contribution in [-0.4, -0.2) is 18.9 Å². The highest BCUT2D eigenvalue weighted by Gasteiger charge is 2.19. The number of ether oxygens (including phenoxy) is 1. The van der Waals surface area contributed by atoms with Crippen molar-refractivity contribution < 1.29 is 9.53 Å². The van der Waals surface area contributed by atoms with E-state index in [9.17, 15) is 4.79 Å². The van der Waals surface area contributed by atoms with Crippen LogP contribution in [0, 0.1) is 0 Å². The Morgan fingerprint density at radius 1 is 1.38 bits per heavy atom. The summed E-state index contributed by atoms with van der Waals surface area (Å²) in [5.74, 6) is 0.282. The minimum absolute atomic E-state index is 0.391. The SMILES string of the molecule is C=C1NC(c2ccc(Cl)s2)=Nc2cc(C(=O)OC)ccc21. The molecule has 1 aliphatic rings. The topological polar surface area (TPSA) is 50.7 Å². The molecule has 1 aliphatic heterocycles. The van der Waals surface area contributed by atoms with Crippen molar-refractivity contribution in [1.82, 2.24) is 5.32 Å². The van der Waals surface area contributed by atoms with Gasteiger partial charge in [0, 0.05) is 11.3 Å². The second-order valence-corrected chi connectivity index (χ2v) is 6.11. The third kappa shape index (κ3) is 2.57. The van der Waals surface area contributed by atoms with Gasteiger partial charge in [-0.2, -0.15) is 0 Å². The first-order valence-corrected chi connectivity index (χ1v) is 7.31. The molecule has 0 saturated carbocycles. The molecule has 6 heteroatoms. The van der Waals surface area contributed by atoms with E-state index in [1.165, 1.54) is 18.4 Å². The number of rotatable bonds is 2. The van der Waals surface area contributed by atoms with Crippen LogP contribution in [0.3, 0.4) is 0 Å². The number of hydrogen-bond acceptors (Lipinski definition) is 5. The van der Waals surface area contributed by atoms with Crippen molar-refractivity contribution in [3.8, 4) is 0 Å². The number of aliphatic imine (C=N–C) groups is 1. The lowest BCUT2D eigenvalue weighted by molar-refractivity contribution is 0.0601. The van der Waals surface area contributed by atoms with Gasteiger partial charge >= 0.3 is 5.97 Å². The van der Waals surface area contributed by atoms with E-state index in [1.54, 1.807) is 18.2 Å². The van der Waals surface area contributed by atoms with E-state index in [1.807, 2.05) is 12.1 Å². The summed E-state index contributed by atoms with van der Waals surface area (Å²) in [6, 6.07) is 8.90. The van der Waals surface area contributed by atoms with Crippen LogP contribution in [-0.2, 0) is 4.74 Å². The molecule has 2 aromatic rings. The second-order valence-electron chi connectivity index (χ2n) is 4.39. The average molecular weight is 319 g/mol. The first kappa shape index (κ1) is 13.9. The van der Waals surface area contributed by atoms with E-state index in [2.05, 4.69) is 16.9 Å². The molecule has 0 spiro atoms. The predicted molar refractivity (Wildman–Crippen MR) is 85.5 cm³/mol. The first-order chi connectivity index (χ1) is 10.1. The Balaban J connectivity index is 2.08. The summed E-state index contributed by atoms with van der Waals surface area (Å²) >= 11 is 7.38. The third-order valence-electron chi connectivity index (χ3n) is 3.05. The molecule has 0 unspecified atom stereocenters. The third-order valence-corrected chi connectivity index (χ3v) is 4.29. The lowest BCUT2D eigenvalue weighted by atomic mass is 10.1. The molecule has 1 aromatic carbocycles. The number of amidine groups is 1. The van der Waals surface area contributed by atoms with Crippen molar-refractivity contribution in [3.63, 3.8) is 0 Å². The Kier molecular flexibility index (Phi) is 3.53. The van der Waals surface area contributed by atoms with Crippen LogP contribution in [0.15, 0.2) is 41.9 Å². The maximum Gasteiger partial charge on any atom is 0.337 e. The monoisotopic (exact) mass is 318 g/mol. The Morgan fingerprint density at radius 3 is 2.86 bits per heavy atom. The zero-order chi connectivity index (χ0) is 15.0. The van der Waals surface area contributed by atoms with E-state index in [0.29, 0.717) is 21.4 Å². The van der Waals surface area contributed by atoms with Crippen molar-refractivity contribution in [1.29, 1.82) is 0 Å². The number of fused-ring (bicyclic) bond motifs is 1. The fourth-order valence-corrected chi connectivity index (χ4v) is 3.03. The van der Waals surface area contributed by atoms with Gasteiger partial charge in [0.15, 0.2) is 0 Å². The minimum Gasteiger partial charge on any atom is -0.465 e. The molecule has 0 bridgehead atoms. The van der Waals surface area contributed by atoms with Gasteiger partial charge in [-0.25, -0.2) is 9.79 Å². The Morgan fingerprint density at radius 2 is 2.19 bits per heavy atom. The first-order valence-electron chi connectivity index (χ1n) is 6.11. The molecule has 0 atom stereocenters. The number of thiophene rings is 1. The van der Waals surface area contributed by atoms with Gasteiger partial charge in [-0.15, -0.1) is 11.3 Å². The number of benzene rings is 1. The van der Waals surface area contributed by atoms with E-state index in [0.717, 1.165) is 16.1 Å². The van der Waals surface area contributed by atoms with E-state index >= 15 is 0 Å². The molecule has 2 heterocycles. The molecule has 0 fully saturated rings. The molecule has 21 heavy (non-hydrogen) atoms. The normalized spacial score (nSPS) is 13.2. The fraction of sp³-hybridized carbons (Fsp3) is 0.0667. The second kappa shape index (κ2) is 5.35. The molecule has 1 aromatic heterocycles. The summed E-state index contributed by atoms with van der Waals surface area (Å²) in [7, 11) is 1.35. The number of nitrogens with zero attached hydrogens (tertiary/aromatic N) is 1. The van der Waals surface area contributed by atoms with Crippen LogP contribution in [0.5, 0.6) is 0 Å². The maximum absolute atomic E-state index is 11.6. The molecule has 4 nitrogen and oxygen atoms in total. The van der Waals surface area contributed by atoms with Crippen molar-refractivity contribution in [3.05, 3.63) is 57.3 Å². The zero-order valence-electron chi connectivity index (χ0n) is 11.1. The minimum atomic E-state index is -0.391. The number of methoxy groups -OCH3 is 1. The van der Waals surface area contributed by atoms with Gasteiger partial charge in [0.25, 0.3) is 0 Å². The quantitative estimate of drug-likeness (QED) is 0.856. The van der Waals surface area contributed by atoms with Crippen LogP contribution in [0.4, 0.5) is 5.69 Å². The van der Waals surface area contributed by atoms with Crippen molar-refractivity contribution in [2.45, 2.75) is 0 Å². The van der Waals surface area contributed by atoms with Crippen molar-refractivity contribution >= 4 is 46.1 Å². The molecule has 1 N–H and O–H groups in total. The van der Waals surface area contributed by atoms with E-state index < -0.39 is 5.97 Å². The van der Waals surface area contributed by atoms with Crippen molar-refractivity contribution in [2.24, 2.45) is 4.99 Å². The lowest BCUT2D eigenvalue weighted by Crippen LogP contribution is -2.24. The summed E-state index contributed by atoms with van der Waals surface area (Å²) in [4.78, 5) is 17.1. The number of hydrogen-bond donors (Lipinski definition) is 1. The Hall–Kier alpha value is -2.11. The molecular weight excluding hydrogens is 308 g/mol. The van der Waals surface area contributed by atoms with Crippen LogP contribution in [0.1, 0.15) is 20.8 Å². The molecule has 0 saturated heterocycles. The predicted octanol–water partition coefficient (Wildman–Crippen LogP) is 3.84. The number of carbonyl (C=O) groups excluding carboxylic acids is 1. The average Bonchev–Trinajstić information content (AvgIpc) is 2.92. The standard InChI is InChI=1S/C15H11ClN2O2S/c1-8-10-4-3-9(15(19)20-2)7-11(10)18-14(17-8)12-5-6-13(16)21-12/h3-7H,1H2,2H3,(H,17,18). The highest BCUT2D eigenvalue weighted by atomic mass is 35.5. The van der Waals surface area contributed by atoms with Gasteiger partial charge < -0.3 is 10.1 Å². The number of halogens is 1. The summed E-state index contributed by atoms with van der Waals surface area (Å²) in [6.45, 7) is 4.00. The molecule has 106 valence electrons. The van der Waals surface area contributed by atoms with Crippen molar-refractivity contribution in [2.75, 3.05) is 7.11 Å². The summed E-state index contributed by atoms with van der Waals surface area (Å²) in [6.07, 6.45) is 0. The van der Waals surface area contributed by atoms with Gasteiger partial charge in [0.05, 0.1) is 27.6 Å². The van der Waals surface area contributed by atoms with Gasteiger partial charge in [0.1, 0.15) is 5.84 Å². The Labute approximate surface area is 130 Å². The highest BCUT2D eigenvalue weighted by molar-refractivity contribution is 7.18. The molecule has 3 rings (SSSR count). The van der Waals surface area contributed by atoms with Crippen LogP contribution in [0.2, 0.25) is 4.34 Å². The van der Waals surface area contributed by atoms with Crippen LogP contribution < -0.4 is 5.32 Å². The van der Waals surface area contributed by atoms with Crippen LogP contribution in [0.25, 0.3) is 5.70 Å². The summed E-state index contributed by atoms with van der Waals surface area (Å²) < 4.78 is 5.42. The lowest BCUT2D eigenvalue weighted by Gasteiger charge is -2.19. The van der Waals surface area contributed by atoms with Crippen LogP contribution >= 0.6 is 22.9 Å². The van der Waals surface area contributed by atoms with E-state index in [-0.39, 0.29) is 0 Å². The largest absolute Gasteiger partial charge is 0.465 e. The van der Waals surface area contributed by atoms with Gasteiger partial charge in [-0.05, 0) is 30.3 Å². The zero-order valence-corrected chi connectivity index (χ0v) is 12.7.